The number of hydrogen-bond donors (Lipinski definition) is 0. The standard InChI is InChI=1S/C26H16FN3OS/c1-16-20(14-18(15-28)26-29-21-6-2-3-8-23(21)32-26)22-7-4-5-13-30(22)24(16)25(31)17-9-11-19(27)12-10-17/h2-14H,1H3/b18-14+. The lowest BCUT2D eigenvalue weighted by molar-refractivity contribution is 0.103. The molecule has 32 heavy (non-hydrogen) atoms. The molecule has 3 aromatic heterocycles. The van der Waals surface area contributed by atoms with E-state index in [0.717, 1.165) is 26.9 Å². The van der Waals surface area contributed by atoms with Gasteiger partial charge in [-0.1, -0.05) is 18.2 Å². The first-order valence-electron chi connectivity index (χ1n) is 9.94. The lowest BCUT2D eigenvalue weighted by Crippen LogP contribution is -2.06. The van der Waals surface area contributed by atoms with Gasteiger partial charge in [0.25, 0.3) is 0 Å². The van der Waals surface area contributed by atoms with Crippen LogP contribution in [0.2, 0.25) is 0 Å². The van der Waals surface area contributed by atoms with Gasteiger partial charge in [0, 0.05) is 17.3 Å². The summed E-state index contributed by atoms with van der Waals surface area (Å²) in [5.41, 5.74) is 4.52. The van der Waals surface area contributed by atoms with Crippen molar-refractivity contribution < 1.29 is 9.18 Å². The molecule has 4 nitrogen and oxygen atoms in total. The number of allylic oxidation sites excluding steroid dienone is 1. The third-order valence-corrected chi connectivity index (χ3v) is 6.46. The van der Waals surface area contributed by atoms with Gasteiger partial charge in [0.1, 0.15) is 16.9 Å². The van der Waals surface area contributed by atoms with E-state index in [0.29, 0.717) is 21.8 Å². The Labute approximate surface area is 187 Å². The third-order valence-electron chi connectivity index (χ3n) is 5.39. The van der Waals surface area contributed by atoms with Gasteiger partial charge >= 0.3 is 0 Å². The van der Waals surface area contributed by atoms with E-state index >= 15 is 0 Å². The zero-order chi connectivity index (χ0) is 22.2. The van der Waals surface area contributed by atoms with Gasteiger partial charge in [-0.2, -0.15) is 5.26 Å². The second-order valence-corrected chi connectivity index (χ2v) is 8.37. The number of benzene rings is 2. The Balaban J connectivity index is 1.69. The summed E-state index contributed by atoms with van der Waals surface area (Å²) in [6, 6.07) is 21.2. The van der Waals surface area contributed by atoms with Crippen molar-refractivity contribution in [2.24, 2.45) is 0 Å². The fourth-order valence-corrected chi connectivity index (χ4v) is 4.76. The summed E-state index contributed by atoms with van der Waals surface area (Å²) in [4.78, 5) is 17.9. The second kappa shape index (κ2) is 7.88. The van der Waals surface area contributed by atoms with Crippen molar-refractivity contribution >= 4 is 44.5 Å². The van der Waals surface area contributed by atoms with E-state index in [1.807, 2.05) is 60.0 Å². The summed E-state index contributed by atoms with van der Waals surface area (Å²) < 4.78 is 16.2. The van der Waals surface area contributed by atoms with Crippen LogP contribution in [0, 0.1) is 24.1 Å². The van der Waals surface area contributed by atoms with Crippen LogP contribution >= 0.6 is 11.3 Å². The molecule has 2 aromatic carbocycles. The fourth-order valence-electron chi connectivity index (χ4n) is 3.83. The first-order valence-corrected chi connectivity index (χ1v) is 10.8. The normalized spacial score (nSPS) is 11.7. The van der Waals surface area contributed by atoms with E-state index in [1.54, 1.807) is 6.08 Å². The smallest absolute Gasteiger partial charge is 0.210 e. The minimum absolute atomic E-state index is 0.207. The first-order chi connectivity index (χ1) is 15.6. The number of carbonyl (C=O) groups excluding carboxylic acids is 1. The second-order valence-electron chi connectivity index (χ2n) is 7.34. The Morgan fingerprint density at radius 3 is 2.59 bits per heavy atom. The Morgan fingerprint density at radius 2 is 1.84 bits per heavy atom. The molecular formula is C26H16FN3OS. The number of fused-ring (bicyclic) bond motifs is 2. The Kier molecular flexibility index (Phi) is 4.89. The summed E-state index contributed by atoms with van der Waals surface area (Å²) in [6.45, 7) is 1.86. The molecule has 5 aromatic rings. The number of nitriles is 1. The zero-order valence-electron chi connectivity index (χ0n) is 17.0. The molecule has 0 radical (unpaired) electrons. The molecule has 3 heterocycles. The summed E-state index contributed by atoms with van der Waals surface area (Å²) >= 11 is 1.46. The number of pyridine rings is 1. The minimum Gasteiger partial charge on any atom is -0.313 e. The van der Waals surface area contributed by atoms with Gasteiger partial charge in [0.2, 0.25) is 5.78 Å². The average molecular weight is 437 g/mol. The van der Waals surface area contributed by atoms with Crippen molar-refractivity contribution in [3.63, 3.8) is 0 Å². The molecule has 0 N–H and O–H groups in total. The highest BCUT2D eigenvalue weighted by molar-refractivity contribution is 7.19. The minimum atomic E-state index is -0.392. The molecular weight excluding hydrogens is 421 g/mol. The van der Waals surface area contributed by atoms with E-state index < -0.39 is 5.82 Å². The molecule has 0 aliphatic carbocycles. The zero-order valence-corrected chi connectivity index (χ0v) is 17.9. The molecule has 0 fully saturated rings. The molecule has 0 saturated carbocycles. The topological polar surface area (TPSA) is 58.2 Å². The Hall–Kier alpha value is -4.08. The molecule has 6 heteroatoms. The Bertz CT molecular complexity index is 1540. The van der Waals surface area contributed by atoms with Gasteiger partial charge in [-0.3, -0.25) is 4.79 Å². The number of carbonyl (C=O) groups is 1. The predicted molar refractivity (Wildman–Crippen MR) is 125 cm³/mol. The molecule has 0 bridgehead atoms. The molecule has 0 amide bonds. The number of thiazole rings is 1. The predicted octanol–water partition coefficient (Wildman–Crippen LogP) is 6.29. The van der Waals surface area contributed by atoms with Gasteiger partial charge in [0.15, 0.2) is 0 Å². The molecule has 0 spiro atoms. The number of rotatable bonds is 4. The lowest BCUT2D eigenvalue weighted by Gasteiger charge is -2.04. The maximum absolute atomic E-state index is 13.3. The largest absolute Gasteiger partial charge is 0.313 e. The molecule has 0 atom stereocenters. The van der Waals surface area contributed by atoms with Gasteiger partial charge < -0.3 is 4.40 Å². The molecule has 154 valence electrons. The van der Waals surface area contributed by atoms with E-state index in [1.165, 1.54) is 35.6 Å². The molecule has 5 rings (SSSR count). The number of halogens is 1. The van der Waals surface area contributed by atoms with Crippen molar-refractivity contribution in [1.82, 2.24) is 9.38 Å². The van der Waals surface area contributed by atoms with Gasteiger partial charge in [0.05, 0.1) is 27.0 Å². The third kappa shape index (κ3) is 3.29. The summed E-state index contributed by atoms with van der Waals surface area (Å²) in [7, 11) is 0. The van der Waals surface area contributed by atoms with Crippen LogP contribution in [0.15, 0.2) is 72.9 Å². The van der Waals surface area contributed by atoms with Crippen molar-refractivity contribution in [2.75, 3.05) is 0 Å². The molecule has 0 saturated heterocycles. The highest BCUT2D eigenvalue weighted by Crippen LogP contribution is 2.32. The van der Waals surface area contributed by atoms with Crippen LogP contribution in [0.25, 0.3) is 27.4 Å². The molecule has 0 aliphatic rings. The van der Waals surface area contributed by atoms with Crippen LogP contribution in [0.1, 0.15) is 32.2 Å². The molecule has 0 unspecified atom stereocenters. The van der Waals surface area contributed by atoms with Crippen molar-refractivity contribution in [1.29, 1.82) is 5.26 Å². The molecule has 0 aliphatic heterocycles. The van der Waals surface area contributed by atoms with E-state index in [-0.39, 0.29) is 5.78 Å². The first kappa shape index (κ1) is 19.9. The van der Waals surface area contributed by atoms with Crippen LogP contribution in [-0.4, -0.2) is 15.2 Å². The number of ketones is 1. The van der Waals surface area contributed by atoms with Crippen LogP contribution < -0.4 is 0 Å². The average Bonchev–Trinajstić information content (AvgIpc) is 3.36. The number of hydrogen-bond acceptors (Lipinski definition) is 4. The van der Waals surface area contributed by atoms with E-state index in [4.69, 9.17) is 0 Å². The van der Waals surface area contributed by atoms with Gasteiger partial charge in [-0.05, 0) is 67.1 Å². The maximum atomic E-state index is 13.3. The summed E-state index contributed by atoms with van der Waals surface area (Å²) in [5, 5.41) is 10.5. The van der Waals surface area contributed by atoms with E-state index in [9.17, 15) is 14.4 Å². The Morgan fingerprint density at radius 1 is 1.09 bits per heavy atom. The number of para-hydroxylation sites is 1. The highest BCUT2D eigenvalue weighted by atomic mass is 32.1. The van der Waals surface area contributed by atoms with E-state index in [2.05, 4.69) is 11.1 Å². The van der Waals surface area contributed by atoms with Crippen LogP contribution in [0.3, 0.4) is 0 Å². The highest BCUT2D eigenvalue weighted by Gasteiger charge is 2.21. The monoisotopic (exact) mass is 437 g/mol. The lowest BCUT2D eigenvalue weighted by atomic mass is 10.0. The SMILES string of the molecule is Cc1c(/C=C(\C#N)c2nc3ccccc3s2)c2ccccn2c1C(=O)c1ccc(F)cc1. The quantitative estimate of drug-likeness (QED) is 0.245. The maximum Gasteiger partial charge on any atom is 0.210 e. The fraction of sp³-hybridized carbons (Fsp3) is 0.0385. The summed E-state index contributed by atoms with van der Waals surface area (Å²) in [5.74, 6) is -0.599. The van der Waals surface area contributed by atoms with Gasteiger partial charge in [-0.25, -0.2) is 9.37 Å². The van der Waals surface area contributed by atoms with Crippen molar-refractivity contribution in [3.8, 4) is 6.07 Å². The van der Waals surface area contributed by atoms with Crippen molar-refractivity contribution in [2.45, 2.75) is 6.92 Å². The number of nitrogens with zero attached hydrogens (tertiary/aromatic N) is 3. The van der Waals surface area contributed by atoms with Crippen molar-refractivity contribution in [3.05, 3.63) is 106 Å². The number of aromatic nitrogens is 2. The van der Waals surface area contributed by atoms with Crippen LogP contribution in [0.4, 0.5) is 4.39 Å². The summed E-state index contributed by atoms with van der Waals surface area (Å²) in [6.07, 6.45) is 3.62. The van der Waals surface area contributed by atoms with Gasteiger partial charge in [-0.15, -0.1) is 11.3 Å². The van der Waals surface area contributed by atoms with Crippen LogP contribution in [-0.2, 0) is 0 Å². The van der Waals surface area contributed by atoms with Crippen LogP contribution in [0.5, 0.6) is 0 Å².